The maximum atomic E-state index is 13.5. The number of hydrogen-bond donors (Lipinski definition) is 1. The van der Waals surface area contributed by atoms with Crippen molar-refractivity contribution >= 4 is 22.2 Å². The molecule has 1 N–H and O–H groups in total. The number of nitriles is 1. The first kappa shape index (κ1) is 20.3. The van der Waals surface area contributed by atoms with Gasteiger partial charge in [0, 0.05) is 6.54 Å². The molecule has 2 unspecified atom stereocenters. The van der Waals surface area contributed by atoms with Gasteiger partial charge in [-0.25, -0.2) is 14.8 Å². The average molecular weight is 451 g/mol. The van der Waals surface area contributed by atoms with Crippen LogP contribution in [0, 0.1) is 11.3 Å². The van der Waals surface area contributed by atoms with E-state index in [0.717, 1.165) is 16.6 Å². The molecule has 5 aromatic rings. The molecule has 3 aromatic heterocycles. The molecular formula is C25H21N7O2. The van der Waals surface area contributed by atoms with Crippen molar-refractivity contribution in [1.29, 1.82) is 5.26 Å². The van der Waals surface area contributed by atoms with E-state index in [1.807, 2.05) is 31.2 Å². The quantitative estimate of drug-likeness (QED) is 0.450. The Morgan fingerprint density at radius 1 is 1.12 bits per heavy atom. The molecule has 0 amide bonds. The van der Waals surface area contributed by atoms with E-state index < -0.39 is 6.10 Å². The molecule has 9 heteroatoms. The van der Waals surface area contributed by atoms with Gasteiger partial charge in [0.2, 0.25) is 5.95 Å². The Hall–Kier alpha value is -4.29. The Bertz CT molecular complexity index is 1670. The third-order valence-electron chi connectivity index (χ3n) is 6.64. The van der Waals surface area contributed by atoms with Crippen LogP contribution in [0.4, 0.5) is 0 Å². The van der Waals surface area contributed by atoms with Crippen molar-refractivity contribution in [3.05, 3.63) is 82.2 Å². The molecule has 6 rings (SSSR count). The summed E-state index contributed by atoms with van der Waals surface area (Å²) in [6.07, 6.45) is 3.94. The van der Waals surface area contributed by atoms with E-state index >= 15 is 0 Å². The molecule has 2 atom stereocenters. The summed E-state index contributed by atoms with van der Waals surface area (Å²) in [5, 5.41) is 19.8. The lowest BCUT2D eigenvalue weighted by Crippen LogP contribution is -2.30. The molecule has 0 radical (unpaired) electrons. The van der Waals surface area contributed by atoms with Gasteiger partial charge in [0.25, 0.3) is 0 Å². The number of nitrogens with zero attached hydrogens (tertiary/aromatic N) is 7. The zero-order valence-electron chi connectivity index (χ0n) is 18.5. The van der Waals surface area contributed by atoms with Crippen molar-refractivity contribution in [3.63, 3.8) is 0 Å². The van der Waals surface area contributed by atoms with Gasteiger partial charge in [-0.3, -0.25) is 13.7 Å². The van der Waals surface area contributed by atoms with Crippen LogP contribution in [0.5, 0.6) is 0 Å². The third-order valence-corrected chi connectivity index (χ3v) is 6.64. The van der Waals surface area contributed by atoms with Crippen molar-refractivity contribution in [2.75, 3.05) is 0 Å². The van der Waals surface area contributed by atoms with Crippen molar-refractivity contribution in [3.8, 4) is 12.0 Å². The van der Waals surface area contributed by atoms with Gasteiger partial charge in [0.15, 0.2) is 5.65 Å². The summed E-state index contributed by atoms with van der Waals surface area (Å²) in [6, 6.07) is 14.9. The topological polar surface area (TPSA) is 115 Å². The van der Waals surface area contributed by atoms with Crippen LogP contribution in [0.2, 0.25) is 0 Å². The van der Waals surface area contributed by atoms with Gasteiger partial charge in [-0.15, -0.1) is 0 Å². The first-order valence-corrected chi connectivity index (χ1v) is 11.2. The highest BCUT2D eigenvalue weighted by atomic mass is 16.3. The van der Waals surface area contributed by atoms with Crippen molar-refractivity contribution in [2.24, 2.45) is 0 Å². The predicted octanol–water partition coefficient (Wildman–Crippen LogP) is 3.24. The number of aliphatic hydroxyl groups is 1. The molecule has 0 aliphatic heterocycles. The van der Waals surface area contributed by atoms with Gasteiger partial charge in [-0.05, 0) is 49.1 Å². The summed E-state index contributed by atoms with van der Waals surface area (Å²) in [5.74, 6) is 0.372. The van der Waals surface area contributed by atoms with Crippen LogP contribution in [-0.4, -0.2) is 33.8 Å². The molecule has 0 saturated heterocycles. The lowest BCUT2D eigenvalue weighted by atomic mass is 9.85. The van der Waals surface area contributed by atoms with Crippen LogP contribution in [-0.2, 0) is 6.54 Å². The standard InChI is InChI=1S/C25H21N7O2/c1-2-30-21-13-27-24(31-14-28-18-8-7-15(12-26)11-20(18)31)29-23(21)32(25(30)34)19-9-10-22(33)17-6-4-3-5-16(17)19/h3-8,11,13-14,19,22,33H,2,9-10H2,1H3. The van der Waals surface area contributed by atoms with Crippen molar-refractivity contribution < 1.29 is 5.11 Å². The summed E-state index contributed by atoms with van der Waals surface area (Å²) in [7, 11) is 0. The van der Waals surface area contributed by atoms with E-state index in [0.29, 0.717) is 47.6 Å². The van der Waals surface area contributed by atoms with E-state index in [1.54, 1.807) is 44.4 Å². The second-order valence-corrected chi connectivity index (χ2v) is 8.44. The van der Waals surface area contributed by atoms with Crippen LogP contribution >= 0.6 is 0 Å². The molecule has 1 aliphatic carbocycles. The zero-order chi connectivity index (χ0) is 23.4. The maximum absolute atomic E-state index is 13.5. The molecule has 3 heterocycles. The van der Waals surface area contributed by atoms with Crippen LogP contribution in [0.3, 0.4) is 0 Å². The summed E-state index contributed by atoms with van der Waals surface area (Å²) in [5.41, 5.74) is 4.78. The molecule has 0 spiro atoms. The fourth-order valence-corrected chi connectivity index (χ4v) is 5.00. The first-order valence-electron chi connectivity index (χ1n) is 11.2. The monoisotopic (exact) mass is 451 g/mol. The van der Waals surface area contributed by atoms with E-state index in [1.165, 1.54) is 0 Å². The molecule has 34 heavy (non-hydrogen) atoms. The fraction of sp³-hybridized carbons (Fsp3) is 0.240. The van der Waals surface area contributed by atoms with Crippen LogP contribution in [0.15, 0.2) is 59.8 Å². The molecule has 168 valence electrons. The molecule has 0 saturated carbocycles. The minimum absolute atomic E-state index is 0.151. The van der Waals surface area contributed by atoms with Crippen molar-refractivity contribution in [1.82, 2.24) is 28.7 Å². The summed E-state index contributed by atoms with van der Waals surface area (Å²) >= 11 is 0. The smallest absolute Gasteiger partial charge is 0.330 e. The number of imidazole rings is 2. The van der Waals surface area contributed by atoms with Crippen molar-refractivity contribution in [2.45, 2.75) is 38.5 Å². The first-order chi connectivity index (χ1) is 16.6. The highest BCUT2D eigenvalue weighted by Gasteiger charge is 2.30. The van der Waals surface area contributed by atoms with Gasteiger partial charge >= 0.3 is 5.69 Å². The highest BCUT2D eigenvalue weighted by Crippen LogP contribution is 2.38. The molecule has 9 nitrogen and oxygen atoms in total. The number of hydrogen-bond acceptors (Lipinski definition) is 6. The summed E-state index contributed by atoms with van der Waals surface area (Å²) < 4.78 is 5.13. The predicted molar refractivity (Wildman–Crippen MR) is 126 cm³/mol. The Kier molecular flexibility index (Phi) is 4.57. The number of aromatic nitrogens is 6. The minimum Gasteiger partial charge on any atom is -0.388 e. The average Bonchev–Trinajstić information content (AvgIpc) is 3.41. The number of aliphatic hydroxyl groups excluding tert-OH is 1. The fourth-order valence-electron chi connectivity index (χ4n) is 5.00. The Balaban J connectivity index is 1.60. The van der Waals surface area contributed by atoms with Gasteiger partial charge in [0.05, 0.1) is 41.0 Å². The minimum atomic E-state index is -0.542. The van der Waals surface area contributed by atoms with Crippen LogP contribution in [0.1, 0.15) is 48.6 Å². The van der Waals surface area contributed by atoms with E-state index in [-0.39, 0.29) is 11.7 Å². The number of benzene rings is 2. The van der Waals surface area contributed by atoms with E-state index in [9.17, 15) is 15.2 Å². The second-order valence-electron chi connectivity index (χ2n) is 8.44. The third kappa shape index (κ3) is 2.89. The number of aryl methyl sites for hydroxylation is 1. The lowest BCUT2D eigenvalue weighted by Gasteiger charge is -2.29. The second kappa shape index (κ2) is 7.64. The van der Waals surface area contributed by atoms with E-state index in [2.05, 4.69) is 16.0 Å². The molecule has 1 aliphatic rings. The normalized spacial score (nSPS) is 17.7. The zero-order valence-corrected chi connectivity index (χ0v) is 18.5. The highest BCUT2D eigenvalue weighted by molar-refractivity contribution is 5.79. The molecule has 0 fully saturated rings. The largest absolute Gasteiger partial charge is 0.388 e. The summed E-state index contributed by atoms with van der Waals surface area (Å²) in [4.78, 5) is 27.3. The molecular weight excluding hydrogens is 430 g/mol. The molecule has 2 aromatic carbocycles. The number of fused-ring (bicyclic) bond motifs is 3. The Morgan fingerprint density at radius 2 is 1.94 bits per heavy atom. The molecule has 0 bridgehead atoms. The van der Waals surface area contributed by atoms with E-state index in [4.69, 9.17) is 4.98 Å². The SMILES string of the molecule is CCn1c(=O)n(C2CCC(O)c3ccccc32)c2nc(-n3cnc4ccc(C#N)cc43)ncc21. The van der Waals surface area contributed by atoms with Crippen LogP contribution in [0.25, 0.3) is 28.1 Å². The van der Waals surface area contributed by atoms with Gasteiger partial charge in [-0.1, -0.05) is 24.3 Å². The Morgan fingerprint density at radius 3 is 2.74 bits per heavy atom. The van der Waals surface area contributed by atoms with Gasteiger partial charge < -0.3 is 5.11 Å². The lowest BCUT2D eigenvalue weighted by molar-refractivity contribution is 0.147. The van der Waals surface area contributed by atoms with Gasteiger partial charge in [-0.2, -0.15) is 10.2 Å². The number of rotatable bonds is 3. The Labute approximate surface area is 194 Å². The van der Waals surface area contributed by atoms with Crippen LogP contribution < -0.4 is 5.69 Å². The maximum Gasteiger partial charge on any atom is 0.330 e. The van der Waals surface area contributed by atoms with Gasteiger partial charge in [0.1, 0.15) is 11.8 Å². The summed E-state index contributed by atoms with van der Waals surface area (Å²) in [6.45, 7) is 2.41.